The standard InChI is InChI=1S/C7H11NO2/c1-8-7(10)6-3-2-5(6)4-9/h4-6H,2-3H2,1H3,(H,8,10)/t5-,6+/m0/s1. The third kappa shape index (κ3) is 1.03. The molecule has 3 nitrogen and oxygen atoms in total. The van der Waals surface area contributed by atoms with E-state index in [4.69, 9.17) is 0 Å². The van der Waals surface area contributed by atoms with E-state index >= 15 is 0 Å². The van der Waals surface area contributed by atoms with E-state index in [1.807, 2.05) is 0 Å². The van der Waals surface area contributed by atoms with Gasteiger partial charge in [-0.1, -0.05) is 0 Å². The second kappa shape index (κ2) is 2.82. The van der Waals surface area contributed by atoms with Crippen molar-refractivity contribution < 1.29 is 9.59 Å². The zero-order valence-corrected chi connectivity index (χ0v) is 5.96. The van der Waals surface area contributed by atoms with Gasteiger partial charge in [-0.05, 0) is 12.8 Å². The summed E-state index contributed by atoms with van der Waals surface area (Å²) in [6.45, 7) is 0. The third-order valence-electron chi connectivity index (χ3n) is 2.09. The summed E-state index contributed by atoms with van der Waals surface area (Å²) in [7, 11) is 1.60. The first-order valence-corrected chi connectivity index (χ1v) is 3.46. The Morgan fingerprint density at radius 2 is 2.30 bits per heavy atom. The molecule has 0 saturated heterocycles. The van der Waals surface area contributed by atoms with Gasteiger partial charge in [0.05, 0.1) is 0 Å². The van der Waals surface area contributed by atoms with Gasteiger partial charge in [-0.25, -0.2) is 0 Å². The van der Waals surface area contributed by atoms with Gasteiger partial charge in [-0.3, -0.25) is 4.79 Å². The summed E-state index contributed by atoms with van der Waals surface area (Å²) in [4.78, 5) is 21.1. The van der Waals surface area contributed by atoms with Crippen molar-refractivity contribution >= 4 is 12.2 Å². The molecule has 1 rings (SSSR count). The maximum absolute atomic E-state index is 10.9. The summed E-state index contributed by atoms with van der Waals surface area (Å²) in [5, 5.41) is 2.53. The Bertz CT molecular complexity index is 156. The number of amides is 1. The van der Waals surface area contributed by atoms with Crippen LogP contribution in [0.5, 0.6) is 0 Å². The molecule has 10 heavy (non-hydrogen) atoms. The molecule has 1 saturated carbocycles. The largest absolute Gasteiger partial charge is 0.359 e. The van der Waals surface area contributed by atoms with Crippen molar-refractivity contribution in [3.8, 4) is 0 Å². The topological polar surface area (TPSA) is 46.2 Å². The molecule has 1 aliphatic carbocycles. The van der Waals surface area contributed by atoms with Gasteiger partial charge in [-0.2, -0.15) is 0 Å². The Hall–Kier alpha value is -0.860. The van der Waals surface area contributed by atoms with E-state index < -0.39 is 0 Å². The lowest BCUT2D eigenvalue weighted by Gasteiger charge is -2.30. The lowest BCUT2D eigenvalue weighted by molar-refractivity contribution is -0.133. The van der Waals surface area contributed by atoms with Crippen LogP contribution < -0.4 is 5.32 Å². The van der Waals surface area contributed by atoms with Gasteiger partial charge in [0.1, 0.15) is 6.29 Å². The molecule has 1 fully saturated rings. The van der Waals surface area contributed by atoms with Gasteiger partial charge < -0.3 is 10.1 Å². The van der Waals surface area contributed by atoms with Crippen LogP contribution in [0.2, 0.25) is 0 Å². The summed E-state index contributed by atoms with van der Waals surface area (Å²) >= 11 is 0. The third-order valence-corrected chi connectivity index (χ3v) is 2.09. The SMILES string of the molecule is CNC(=O)[C@@H]1CC[C@H]1C=O. The second-order valence-corrected chi connectivity index (χ2v) is 2.60. The van der Waals surface area contributed by atoms with E-state index in [2.05, 4.69) is 5.32 Å². The molecule has 0 aliphatic heterocycles. The molecule has 0 unspecified atom stereocenters. The van der Waals surface area contributed by atoms with Crippen LogP contribution in [0.4, 0.5) is 0 Å². The maximum Gasteiger partial charge on any atom is 0.223 e. The lowest BCUT2D eigenvalue weighted by Crippen LogP contribution is -2.39. The fourth-order valence-electron chi connectivity index (χ4n) is 1.20. The molecule has 0 aromatic heterocycles. The predicted octanol–water partition coefficient (Wildman–Crippen LogP) is -0.0425. The van der Waals surface area contributed by atoms with Crippen molar-refractivity contribution in [2.45, 2.75) is 12.8 Å². The molecule has 0 spiro atoms. The molecule has 1 amide bonds. The number of carbonyl (C=O) groups excluding carboxylic acids is 2. The van der Waals surface area contributed by atoms with Gasteiger partial charge in [0.15, 0.2) is 0 Å². The van der Waals surface area contributed by atoms with Crippen molar-refractivity contribution in [2.75, 3.05) is 7.05 Å². The molecular weight excluding hydrogens is 130 g/mol. The minimum atomic E-state index is -0.0394. The van der Waals surface area contributed by atoms with Crippen LogP contribution in [0.15, 0.2) is 0 Å². The molecule has 0 radical (unpaired) electrons. The van der Waals surface area contributed by atoms with Crippen LogP contribution >= 0.6 is 0 Å². The lowest BCUT2D eigenvalue weighted by atomic mass is 9.74. The highest BCUT2D eigenvalue weighted by Gasteiger charge is 2.35. The zero-order chi connectivity index (χ0) is 7.56. The Morgan fingerprint density at radius 1 is 1.60 bits per heavy atom. The minimum Gasteiger partial charge on any atom is -0.359 e. The smallest absolute Gasteiger partial charge is 0.223 e. The molecular formula is C7H11NO2. The molecule has 1 N–H and O–H groups in total. The van der Waals surface area contributed by atoms with E-state index in [0.29, 0.717) is 0 Å². The van der Waals surface area contributed by atoms with Gasteiger partial charge in [0, 0.05) is 18.9 Å². The van der Waals surface area contributed by atoms with Crippen LogP contribution in [0.25, 0.3) is 0 Å². The monoisotopic (exact) mass is 141 g/mol. The minimum absolute atomic E-state index is 0.00310. The van der Waals surface area contributed by atoms with E-state index in [9.17, 15) is 9.59 Å². The van der Waals surface area contributed by atoms with E-state index in [1.54, 1.807) is 7.05 Å². The number of hydrogen-bond donors (Lipinski definition) is 1. The van der Waals surface area contributed by atoms with Crippen molar-refractivity contribution in [1.82, 2.24) is 5.32 Å². The Balaban J connectivity index is 2.42. The average molecular weight is 141 g/mol. The molecule has 0 heterocycles. The van der Waals surface area contributed by atoms with E-state index in [0.717, 1.165) is 19.1 Å². The highest BCUT2D eigenvalue weighted by Crippen LogP contribution is 2.32. The zero-order valence-electron chi connectivity index (χ0n) is 5.96. The first-order valence-electron chi connectivity index (χ1n) is 3.46. The molecule has 2 atom stereocenters. The molecule has 56 valence electrons. The molecule has 0 aromatic rings. The predicted molar refractivity (Wildman–Crippen MR) is 36.3 cm³/mol. The number of nitrogens with one attached hydrogen (secondary N) is 1. The van der Waals surface area contributed by atoms with E-state index in [1.165, 1.54) is 0 Å². The Kier molecular flexibility index (Phi) is 2.04. The quantitative estimate of drug-likeness (QED) is 0.548. The highest BCUT2D eigenvalue weighted by molar-refractivity contribution is 5.82. The Labute approximate surface area is 59.8 Å². The summed E-state index contributed by atoms with van der Waals surface area (Å²) < 4.78 is 0. The fourth-order valence-corrected chi connectivity index (χ4v) is 1.20. The van der Waals surface area contributed by atoms with Crippen LogP contribution in [-0.4, -0.2) is 19.2 Å². The Morgan fingerprint density at radius 3 is 2.60 bits per heavy atom. The fraction of sp³-hybridized carbons (Fsp3) is 0.714. The van der Waals surface area contributed by atoms with Crippen LogP contribution in [0.1, 0.15) is 12.8 Å². The van der Waals surface area contributed by atoms with Gasteiger partial charge >= 0.3 is 0 Å². The van der Waals surface area contributed by atoms with Crippen molar-refractivity contribution in [1.29, 1.82) is 0 Å². The summed E-state index contributed by atoms with van der Waals surface area (Å²) in [6.07, 6.45) is 2.62. The summed E-state index contributed by atoms with van der Waals surface area (Å²) in [5.74, 6) is -0.0502. The van der Waals surface area contributed by atoms with Gasteiger partial charge in [0.2, 0.25) is 5.91 Å². The normalized spacial score (nSPS) is 30.5. The second-order valence-electron chi connectivity index (χ2n) is 2.60. The van der Waals surface area contributed by atoms with Crippen molar-refractivity contribution in [3.05, 3.63) is 0 Å². The number of aldehydes is 1. The highest BCUT2D eigenvalue weighted by atomic mass is 16.2. The molecule has 1 aliphatic rings. The number of carbonyl (C=O) groups is 2. The van der Waals surface area contributed by atoms with Crippen molar-refractivity contribution in [2.24, 2.45) is 11.8 Å². The maximum atomic E-state index is 10.9. The van der Waals surface area contributed by atoms with Gasteiger partial charge in [0.25, 0.3) is 0 Å². The summed E-state index contributed by atoms with van der Waals surface area (Å²) in [5.41, 5.74) is 0. The average Bonchev–Trinajstić information content (AvgIpc) is 1.86. The van der Waals surface area contributed by atoms with E-state index in [-0.39, 0.29) is 17.7 Å². The molecule has 0 aromatic carbocycles. The molecule has 0 bridgehead atoms. The van der Waals surface area contributed by atoms with Crippen LogP contribution in [0.3, 0.4) is 0 Å². The summed E-state index contributed by atoms with van der Waals surface area (Å²) in [6, 6.07) is 0. The van der Waals surface area contributed by atoms with Crippen molar-refractivity contribution in [3.63, 3.8) is 0 Å². The van der Waals surface area contributed by atoms with Crippen LogP contribution in [-0.2, 0) is 9.59 Å². The first kappa shape index (κ1) is 7.25. The number of hydrogen-bond acceptors (Lipinski definition) is 2. The van der Waals surface area contributed by atoms with Crippen LogP contribution in [0, 0.1) is 11.8 Å². The number of rotatable bonds is 2. The first-order chi connectivity index (χ1) is 4.79. The molecule has 3 heteroatoms. The van der Waals surface area contributed by atoms with Gasteiger partial charge in [-0.15, -0.1) is 0 Å².